The molecule has 0 radical (unpaired) electrons. The summed E-state index contributed by atoms with van der Waals surface area (Å²) >= 11 is 0. The molecule has 19 heteroatoms. The molecule has 0 saturated heterocycles. The first-order chi connectivity index (χ1) is 19.1. The highest BCUT2D eigenvalue weighted by atomic mass is 18.0. The van der Waals surface area contributed by atoms with Crippen LogP contribution in [-0.4, -0.2) is 36.7 Å². The smallest absolute Gasteiger partial charge is 0.384 e. The van der Waals surface area contributed by atoms with Crippen molar-refractivity contribution < 1.29 is 93.8 Å². The van der Waals surface area contributed by atoms with Gasteiger partial charge in [-0.15, -0.1) is 0 Å². The first kappa shape index (κ1) is 31.0. The summed E-state index contributed by atoms with van der Waals surface area (Å²) in [6, 6.07) is 15.4. The molecule has 0 aliphatic heterocycles. The molecule has 0 aliphatic rings. The Balaban J connectivity index is 1.31. The minimum atomic E-state index is -1.18. The van der Waals surface area contributed by atoms with Gasteiger partial charge in [-0.05, 0) is 25.2 Å². The van der Waals surface area contributed by atoms with Crippen molar-refractivity contribution in [2.24, 2.45) is 0 Å². The number of hydrogen-bond acceptors (Lipinski definition) is 19. The van der Waals surface area contributed by atoms with Gasteiger partial charge in [0.1, 0.15) is 19.5 Å². The lowest BCUT2D eigenvalue weighted by Gasteiger charge is -2.03. The molecule has 2 aromatic carbocycles. The van der Waals surface area contributed by atoms with Crippen LogP contribution in [0.15, 0.2) is 73.2 Å². The molecule has 0 saturated carbocycles. The molecular formula is C20H16O19. The first-order valence-electron chi connectivity index (χ1n) is 9.93. The molecule has 19 nitrogen and oxygen atoms in total. The van der Waals surface area contributed by atoms with Gasteiger partial charge >= 0.3 is 11.9 Å². The van der Waals surface area contributed by atoms with Crippen molar-refractivity contribution in [3.8, 4) is 0 Å². The van der Waals surface area contributed by atoms with Gasteiger partial charge < -0.3 is 14.4 Å². The van der Waals surface area contributed by atoms with Crippen LogP contribution in [0.25, 0.3) is 0 Å². The van der Waals surface area contributed by atoms with Gasteiger partial charge in [0.2, 0.25) is 0 Å². The van der Waals surface area contributed by atoms with E-state index in [-0.39, 0.29) is 24.3 Å². The largest absolute Gasteiger partial charge is 0.457 e. The third-order valence-electron chi connectivity index (χ3n) is 3.49. The summed E-state index contributed by atoms with van der Waals surface area (Å²) in [6.07, 6.45) is 1.32. The van der Waals surface area contributed by atoms with E-state index in [1.807, 2.05) is 0 Å². The maximum atomic E-state index is 11.7. The summed E-state index contributed by atoms with van der Waals surface area (Å²) < 4.78 is 9.11. The van der Waals surface area contributed by atoms with Crippen LogP contribution in [0.1, 0.15) is 20.7 Å². The zero-order valence-corrected chi connectivity index (χ0v) is 19.1. The maximum absolute atomic E-state index is 11.7. The summed E-state index contributed by atoms with van der Waals surface area (Å²) in [5, 5.41) is 41.1. The van der Waals surface area contributed by atoms with Crippen LogP contribution < -0.4 is 0 Å². The van der Waals surface area contributed by atoms with Crippen molar-refractivity contribution >= 4 is 23.5 Å². The second-order valence-corrected chi connectivity index (χ2v) is 5.87. The molecule has 0 heterocycles. The average molecular weight is 560 g/mol. The number of esters is 2. The fourth-order valence-corrected chi connectivity index (χ4v) is 2.01. The van der Waals surface area contributed by atoms with Gasteiger partial charge in [-0.3, -0.25) is 9.59 Å². The van der Waals surface area contributed by atoms with Crippen LogP contribution in [0.5, 0.6) is 0 Å². The van der Waals surface area contributed by atoms with E-state index in [0.29, 0.717) is 12.5 Å². The molecule has 0 amide bonds. The van der Waals surface area contributed by atoms with Gasteiger partial charge in [-0.2, -0.15) is 0 Å². The number of benzene rings is 2. The number of carbonyl (C=O) groups is 4. The number of hydrogen-bond donors (Lipinski definition) is 0. The second kappa shape index (κ2) is 19.8. The van der Waals surface area contributed by atoms with E-state index < -0.39 is 23.5 Å². The van der Waals surface area contributed by atoms with E-state index in [1.54, 1.807) is 36.4 Å². The Morgan fingerprint density at radius 1 is 0.513 bits per heavy atom. The van der Waals surface area contributed by atoms with Crippen LogP contribution in [0.3, 0.4) is 0 Å². The molecule has 0 spiro atoms. The molecule has 0 aromatic heterocycles. The van der Waals surface area contributed by atoms with Crippen molar-refractivity contribution in [3.05, 3.63) is 84.3 Å². The average Bonchev–Trinajstić information content (AvgIpc) is 2.98. The van der Waals surface area contributed by atoms with Crippen molar-refractivity contribution in [2.75, 3.05) is 13.2 Å². The molecule has 210 valence electrons. The zero-order chi connectivity index (χ0) is 28.0. The van der Waals surface area contributed by atoms with Gasteiger partial charge in [0, 0.05) is 41.4 Å². The van der Waals surface area contributed by atoms with Crippen LogP contribution in [0.4, 0.5) is 0 Å². The van der Waals surface area contributed by atoms with Crippen molar-refractivity contribution in [1.29, 1.82) is 0 Å². The number of rotatable bonds is 21. The van der Waals surface area contributed by atoms with Gasteiger partial charge in [0.15, 0.2) is 6.26 Å². The Labute approximate surface area is 215 Å². The topological polar surface area (TPSA) is 207 Å². The minimum absolute atomic E-state index is 0.131. The van der Waals surface area contributed by atoms with Gasteiger partial charge in [0.25, 0.3) is 11.6 Å². The molecule has 0 atom stereocenters. The molecule has 0 bridgehead atoms. The van der Waals surface area contributed by atoms with Crippen LogP contribution in [-0.2, 0) is 84.3 Å². The second-order valence-electron chi connectivity index (χ2n) is 5.87. The Bertz CT molecular complexity index is 1030. The lowest BCUT2D eigenvalue weighted by atomic mass is 10.1. The maximum Gasteiger partial charge on any atom is 0.384 e. The molecule has 2 rings (SSSR count). The van der Waals surface area contributed by atoms with Gasteiger partial charge in [-0.1, -0.05) is 60.7 Å². The summed E-state index contributed by atoms with van der Waals surface area (Å²) in [7, 11) is 0. The Morgan fingerprint density at radius 3 is 1.51 bits per heavy atom. The number of ether oxygens (including phenoxy) is 2. The van der Waals surface area contributed by atoms with E-state index in [4.69, 9.17) is 0 Å². The zero-order valence-electron chi connectivity index (χ0n) is 19.1. The fourth-order valence-electron chi connectivity index (χ4n) is 2.01. The summed E-state index contributed by atoms with van der Waals surface area (Å²) in [5.74, 6) is -4.00. The lowest BCUT2D eigenvalue weighted by molar-refractivity contribution is -0.869. The molecule has 39 heavy (non-hydrogen) atoms. The van der Waals surface area contributed by atoms with E-state index in [9.17, 15) is 19.2 Å². The Kier molecular flexibility index (Phi) is 15.8. The Morgan fingerprint density at radius 2 is 0.974 bits per heavy atom. The highest BCUT2D eigenvalue weighted by Crippen LogP contribution is 2.03. The summed E-state index contributed by atoms with van der Waals surface area (Å²) in [4.78, 5) is 55.0. The van der Waals surface area contributed by atoms with Crippen molar-refractivity contribution in [3.63, 3.8) is 0 Å². The Hall–Kier alpha value is -4.22. The van der Waals surface area contributed by atoms with Crippen molar-refractivity contribution in [2.45, 2.75) is 0 Å². The summed E-state index contributed by atoms with van der Waals surface area (Å²) in [5.41, 5.74) is 0.294. The lowest BCUT2D eigenvalue weighted by Crippen LogP contribution is -2.20. The molecule has 0 aliphatic carbocycles. The van der Waals surface area contributed by atoms with E-state index in [2.05, 4.69) is 74.7 Å². The normalized spacial score (nSPS) is 10.8. The first-order valence-corrected chi connectivity index (χ1v) is 9.93. The fraction of sp³-hybridized carbons (Fsp3) is 0.100. The monoisotopic (exact) mass is 560 g/mol. The number of Topliss-reactive ketones (excluding diaryl/α,β-unsaturated/α-hetero) is 2. The van der Waals surface area contributed by atoms with Crippen LogP contribution in [0.2, 0.25) is 0 Å². The molecule has 0 N–H and O–H groups in total. The molecular weight excluding hydrogens is 544 g/mol. The number of ketones is 2. The van der Waals surface area contributed by atoms with Gasteiger partial charge in [-0.25, -0.2) is 14.5 Å². The number of carbonyl (C=O) groups excluding carboxylic acids is 4. The van der Waals surface area contributed by atoms with E-state index >= 15 is 0 Å². The molecule has 0 fully saturated rings. The molecule has 0 unspecified atom stereocenters. The predicted octanol–water partition coefficient (Wildman–Crippen LogP) is 1.51. The predicted molar refractivity (Wildman–Crippen MR) is 107 cm³/mol. The minimum Gasteiger partial charge on any atom is -0.457 e. The van der Waals surface area contributed by atoms with Gasteiger partial charge in [0.05, 0.1) is 0 Å². The van der Waals surface area contributed by atoms with E-state index in [1.165, 1.54) is 24.3 Å². The standard InChI is InChI=1S/C20H16O19/c21-17(15-7-3-1-4-8-15)19(23)25-11-13-27-29-31-33-35-37-39-38-36-34-32-30-28-14-12-26-20(24)18(22)16-9-5-2-6-10-16/h1-11,13H,12,14H2. The van der Waals surface area contributed by atoms with Crippen LogP contribution in [0, 0.1) is 0 Å². The van der Waals surface area contributed by atoms with E-state index in [0.717, 1.165) is 0 Å². The third kappa shape index (κ3) is 13.8. The third-order valence-corrected chi connectivity index (χ3v) is 3.49. The quantitative estimate of drug-likeness (QED) is 0.0403. The highest BCUT2D eigenvalue weighted by Gasteiger charge is 2.17. The van der Waals surface area contributed by atoms with Crippen LogP contribution >= 0.6 is 0 Å². The van der Waals surface area contributed by atoms with Crippen molar-refractivity contribution in [1.82, 2.24) is 0 Å². The summed E-state index contributed by atoms with van der Waals surface area (Å²) in [6.45, 7) is -0.716. The highest BCUT2D eigenvalue weighted by molar-refractivity contribution is 6.41. The SMILES string of the molecule is O=C(OC=COOOOOOOOOOOOOCCOC(=O)C(=O)c1ccccc1)C(=O)c1ccccc1. The molecule has 2 aromatic rings.